The number of aryl methyl sites for hydroxylation is 1. The third kappa shape index (κ3) is 1.79. The molecule has 14 heavy (non-hydrogen) atoms. The number of rotatable bonds is 2. The molecule has 0 saturated carbocycles. The molecule has 1 atom stereocenters. The zero-order chi connectivity index (χ0) is 9.80. The first-order chi connectivity index (χ1) is 6.92. The molecule has 0 bridgehead atoms. The van der Waals surface area contributed by atoms with Crippen molar-refractivity contribution in [3.63, 3.8) is 0 Å². The van der Waals surface area contributed by atoms with Crippen molar-refractivity contribution in [2.45, 2.75) is 31.7 Å². The first kappa shape index (κ1) is 9.25. The highest BCUT2D eigenvalue weighted by Crippen LogP contribution is 2.27. The highest BCUT2D eigenvalue weighted by Gasteiger charge is 2.16. The van der Waals surface area contributed by atoms with Crippen LogP contribution in [0.15, 0.2) is 24.3 Å². The van der Waals surface area contributed by atoms with E-state index in [0.29, 0.717) is 0 Å². The molecule has 0 aliphatic heterocycles. The Morgan fingerprint density at radius 2 is 2.14 bits per heavy atom. The fourth-order valence-electron chi connectivity index (χ4n) is 2.18. The van der Waals surface area contributed by atoms with Crippen molar-refractivity contribution in [3.8, 4) is 0 Å². The van der Waals surface area contributed by atoms with Crippen LogP contribution in [0.2, 0.25) is 0 Å². The summed E-state index contributed by atoms with van der Waals surface area (Å²) in [5.74, 6) is 0. The van der Waals surface area contributed by atoms with Crippen molar-refractivity contribution in [3.05, 3.63) is 35.4 Å². The van der Waals surface area contributed by atoms with Gasteiger partial charge in [-0.1, -0.05) is 30.7 Å². The normalized spacial score (nSPS) is 20.7. The van der Waals surface area contributed by atoms with Gasteiger partial charge in [0.15, 0.2) is 0 Å². The number of fused-ring (bicyclic) bond motifs is 1. The van der Waals surface area contributed by atoms with Crippen LogP contribution in [0.25, 0.3) is 0 Å². The second-order valence-electron chi connectivity index (χ2n) is 3.78. The summed E-state index contributed by atoms with van der Waals surface area (Å²) in [5.41, 5.74) is 2.70. The van der Waals surface area contributed by atoms with Crippen LogP contribution >= 0.6 is 0 Å². The Balaban J connectivity index is 2.31. The minimum Gasteiger partial charge on any atom is -0.352 e. The molecule has 1 N–H and O–H groups in total. The minimum absolute atomic E-state index is 0.228. The lowest BCUT2D eigenvalue weighted by Crippen LogP contribution is -2.19. The van der Waals surface area contributed by atoms with Gasteiger partial charge in [-0.15, -0.1) is 0 Å². The Kier molecular flexibility index (Phi) is 2.82. The molecule has 74 valence electrons. The summed E-state index contributed by atoms with van der Waals surface area (Å²) in [7, 11) is 0. The van der Waals surface area contributed by atoms with E-state index in [9.17, 15) is 4.79 Å². The van der Waals surface area contributed by atoms with Crippen LogP contribution in [0, 0.1) is 0 Å². The summed E-state index contributed by atoms with van der Waals surface area (Å²) in [6.45, 7) is 0. The molecule has 0 spiro atoms. The van der Waals surface area contributed by atoms with E-state index in [-0.39, 0.29) is 6.04 Å². The number of nitrogens with one attached hydrogen (secondary N) is 1. The maximum atomic E-state index is 10.5. The summed E-state index contributed by atoms with van der Waals surface area (Å²) in [6.07, 6.45) is 5.45. The van der Waals surface area contributed by atoms with E-state index in [2.05, 4.69) is 23.5 Å². The average molecular weight is 189 g/mol. The Morgan fingerprint density at radius 1 is 1.29 bits per heavy atom. The van der Waals surface area contributed by atoms with Crippen molar-refractivity contribution in [1.29, 1.82) is 0 Å². The molecule has 1 aliphatic rings. The number of carbonyl (C=O) groups excluding carboxylic acids is 1. The van der Waals surface area contributed by atoms with Crippen molar-refractivity contribution < 1.29 is 4.79 Å². The lowest BCUT2D eigenvalue weighted by molar-refractivity contribution is -0.110. The molecule has 0 saturated heterocycles. The van der Waals surface area contributed by atoms with Gasteiger partial charge >= 0.3 is 0 Å². The Labute approximate surface area is 84.3 Å². The first-order valence-electron chi connectivity index (χ1n) is 5.19. The van der Waals surface area contributed by atoms with Crippen molar-refractivity contribution in [2.75, 3.05) is 0 Å². The van der Waals surface area contributed by atoms with Gasteiger partial charge in [-0.3, -0.25) is 4.79 Å². The van der Waals surface area contributed by atoms with Gasteiger partial charge in [0.2, 0.25) is 6.41 Å². The molecule has 2 rings (SSSR count). The van der Waals surface area contributed by atoms with Crippen LogP contribution in [0.5, 0.6) is 0 Å². The molecular weight excluding hydrogens is 174 g/mol. The van der Waals surface area contributed by atoms with Crippen molar-refractivity contribution in [1.82, 2.24) is 5.32 Å². The second-order valence-corrected chi connectivity index (χ2v) is 3.78. The van der Waals surface area contributed by atoms with Gasteiger partial charge in [0, 0.05) is 0 Å². The number of carbonyl (C=O) groups is 1. The predicted molar refractivity (Wildman–Crippen MR) is 55.9 cm³/mol. The van der Waals surface area contributed by atoms with Crippen LogP contribution in [0.1, 0.15) is 36.4 Å². The molecule has 2 heteroatoms. The maximum Gasteiger partial charge on any atom is 0.207 e. The SMILES string of the molecule is O=CN[C@H]1CCCCc2ccccc21. The Bertz CT molecular complexity index is 322. The van der Waals surface area contributed by atoms with Gasteiger partial charge in [-0.05, 0) is 30.4 Å². The highest BCUT2D eigenvalue weighted by atomic mass is 16.1. The van der Waals surface area contributed by atoms with Crippen molar-refractivity contribution >= 4 is 6.41 Å². The van der Waals surface area contributed by atoms with Crippen LogP contribution < -0.4 is 5.32 Å². The largest absolute Gasteiger partial charge is 0.352 e. The first-order valence-corrected chi connectivity index (χ1v) is 5.19. The summed E-state index contributed by atoms with van der Waals surface area (Å²) in [5, 5.41) is 2.90. The molecule has 0 radical (unpaired) electrons. The summed E-state index contributed by atoms with van der Waals surface area (Å²) in [6, 6.07) is 8.64. The number of benzene rings is 1. The molecule has 1 aliphatic carbocycles. The fourth-order valence-corrected chi connectivity index (χ4v) is 2.18. The molecule has 1 aromatic carbocycles. The van der Waals surface area contributed by atoms with Crippen LogP contribution in [-0.4, -0.2) is 6.41 Å². The lowest BCUT2D eigenvalue weighted by Gasteiger charge is -2.16. The summed E-state index contributed by atoms with van der Waals surface area (Å²) < 4.78 is 0. The number of hydrogen-bond donors (Lipinski definition) is 1. The smallest absolute Gasteiger partial charge is 0.207 e. The topological polar surface area (TPSA) is 29.1 Å². The predicted octanol–water partition coefficient (Wildman–Crippen LogP) is 2.20. The molecular formula is C12H15NO. The van der Waals surface area contributed by atoms with E-state index < -0.39 is 0 Å². The fraction of sp³-hybridized carbons (Fsp3) is 0.417. The molecule has 0 aromatic heterocycles. The average Bonchev–Trinajstić information content (AvgIpc) is 2.42. The van der Waals surface area contributed by atoms with Gasteiger partial charge in [0.05, 0.1) is 6.04 Å². The highest BCUT2D eigenvalue weighted by molar-refractivity contribution is 5.48. The van der Waals surface area contributed by atoms with E-state index in [0.717, 1.165) is 19.3 Å². The molecule has 0 heterocycles. The summed E-state index contributed by atoms with van der Waals surface area (Å²) in [4.78, 5) is 10.5. The lowest BCUT2D eigenvalue weighted by atomic mass is 9.99. The van der Waals surface area contributed by atoms with Gasteiger partial charge < -0.3 is 5.32 Å². The third-order valence-corrected chi connectivity index (χ3v) is 2.89. The van der Waals surface area contributed by atoms with E-state index in [1.165, 1.54) is 24.0 Å². The second kappa shape index (κ2) is 4.27. The molecule has 0 unspecified atom stereocenters. The third-order valence-electron chi connectivity index (χ3n) is 2.89. The standard InChI is InChI=1S/C12H15NO/c14-9-13-12-8-4-2-6-10-5-1-3-7-11(10)12/h1,3,5,7,9,12H,2,4,6,8H2,(H,13,14)/t12-/m0/s1. The van der Waals surface area contributed by atoms with Gasteiger partial charge in [-0.25, -0.2) is 0 Å². The van der Waals surface area contributed by atoms with Crippen LogP contribution in [-0.2, 0) is 11.2 Å². The van der Waals surface area contributed by atoms with E-state index >= 15 is 0 Å². The van der Waals surface area contributed by atoms with E-state index in [4.69, 9.17) is 0 Å². The molecule has 1 aromatic rings. The summed E-state index contributed by atoms with van der Waals surface area (Å²) >= 11 is 0. The quantitative estimate of drug-likeness (QED) is 0.561. The number of amides is 1. The van der Waals surface area contributed by atoms with Crippen molar-refractivity contribution in [2.24, 2.45) is 0 Å². The molecule has 0 fully saturated rings. The Morgan fingerprint density at radius 3 is 3.00 bits per heavy atom. The van der Waals surface area contributed by atoms with Crippen LogP contribution in [0.4, 0.5) is 0 Å². The maximum absolute atomic E-state index is 10.5. The zero-order valence-corrected chi connectivity index (χ0v) is 8.20. The molecule has 2 nitrogen and oxygen atoms in total. The van der Waals surface area contributed by atoms with E-state index in [1.807, 2.05) is 6.07 Å². The minimum atomic E-state index is 0.228. The number of hydrogen-bond acceptors (Lipinski definition) is 1. The Hall–Kier alpha value is -1.31. The monoisotopic (exact) mass is 189 g/mol. The van der Waals surface area contributed by atoms with Crippen LogP contribution in [0.3, 0.4) is 0 Å². The van der Waals surface area contributed by atoms with Gasteiger partial charge in [-0.2, -0.15) is 0 Å². The van der Waals surface area contributed by atoms with E-state index in [1.54, 1.807) is 0 Å². The van der Waals surface area contributed by atoms with Gasteiger partial charge in [0.1, 0.15) is 0 Å². The van der Waals surface area contributed by atoms with Gasteiger partial charge in [0.25, 0.3) is 0 Å². The molecule has 1 amide bonds. The zero-order valence-electron chi connectivity index (χ0n) is 8.20.